The topological polar surface area (TPSA) is 41.1 Å². The zero-order valence-electron chi connectivity index (χ0n) is 12.0. The van der Waals surface area contributed by atoms with Gasteiger partial charge in [0.1, 0.15) is 0 Å². The first-order chi connectivity index (χ1) is 7.83. The van der Waals surface area contributed by atoms with E-state index in [9.17, 15) is 4.79 Å². The minimum absolute atomic E-state index is 0.201. The van der Waals surface area contributed by atoms with Crippen LogP contribution in [-0.4, -0.2) is 24.5 Å². The fraction of sp³-hybridized carbons (Fsp3) is 0.929. The van der Waals surface area contributed by atoms with Gasteiger partial charge in [-0.15, -0.1) is 0 Å². The van der Waals surface area contributed by atoms with Crippen molar-refractivity contribution in [3.63, 3.8) is 0 Å². The number of hydrogen-bond donors (Lipinski definition) is 2. The Hall–Kier alpha value is -0.570. The highest BCUT2D eigenvalue weighted by Gasteiger charge is 2.31. The molecule has 0 bridgehead atoms. The molecular weight excluding hydrogens is 212 g/mol. The summed E-state index contributed by atoms with van der Waals surface area (Å²) in [6.45, 7) is 11.6. The molecule has 0 saturated carbocycles. The Morgan fingerprint density at radius 3 is 2.65 bits per heavy atom. The molecule has 2 N–H and O–H groups in total. The monoisotopic (exact) mass is 240 g/mol. The molecule has 0 radical (unpaired) electrons. The van der Waals surface area contributed by atoms with Crippen molar-refractivity contribution in [3.05, 3.63) is 0 Å². The van der Waals surface area contributed by atoms with Gasteiger partial charge in [-0.3, -0.25) is 4.79 Å². The van der Waals surface area contributed by atoms with E-state index >= 15 is 0 Å². The standard InChI is InChI=1S/C14H28N2O/c1-10(2)9-14(4,5)13(17)16-12-7-6-8-15-11(12)3/h10-12,15H,6-9H2,1-5H3,(H,16,17). The summed E-state index contributed by atoms with van der Waals surface area (Å²) in [5.41, 5.74) is -0.259. The third-order valence-electron chi connectivity index (χ3n) is 3.61. The number of carbonyl (C=O) groups is 1. The van der Waals surface area contributed by atoms with Crippen LogP contribution in [-0.2, 0) is 4.79 Å². The fourth-order valence-corrected chi connectivity index (χ4v) is 2.72. The molecule has 2 atom stereocenters. The predicted octanol–water partition coefficient (Wildman–Crippen LogP) is 2.32. The number of nitrogens with one attached hydrogen (secondary N) is 2. The number of rotatable bonds is 4. The van der Waals surface area contributed by atoms with Crippen molar-refractivity contribution in [2.24, 2.45) is 11.3 Å². The van der Waals surface area contributed by atoms with Gasteiger partial charge in [-0.2, -0.15) is 0 Å². The molecule has 17 heavy (non-hydrogen) atoms. The molecule has 1 saturated heterocycles. The molecule has 1 heterocycles. The lowest BCUT2D eigenvalue weighted by Gasteiger charge is -2.34. The van der Waals surface area contributed by atoms with Crippen LogP contribution < -0.4 is 10.6 Å². The zero-order chi connectivity index (χ0) is 13.1. The van der Waals surface area contributed by atoms with E-state index in [0.29, 0.717) is 18.0 Å². The zero-order valence-corrected chi connectivity index (χ0v) is 12.0. The summed E-state index contributed by atoms with van der Waals surface area (Å²) in [5, 5.41) is 6.63. The SMILES string of the molecule is CC(C)CC(C)(C)C(=O)NC1CCCNC1C. The first-order valence-corrected chi connectivity index (χ1v) is 6.87. The molecule has 1 amide bonds. The second kappa shape index (κ2) is 5.85. The fourth-order valence-electron chi connectivity index (χ4n) is 2.72. The minimum Gasteiger partial charge on any atom is -0.351 e. The average molecular weight is 240 g/mol. The molecule has 0 aromatic carbocycles. The molecule has 1 rings (SSSR count). The number of piperidine rings is 1. The Morgan fingerprint density at radius 1 is 1.47 bits per heavy atom. The second-order valence-electron chi connectivity index (χ2n) is 6.45. The van der Waals surface area contributed by atoms with Crippen molar-refractivity contribution in [1.29, 1.82) is 0 Å². The van der Waals surface area contributed by atoms with Crippen LogP contribution in [0, 0.1) is 11.3 Å². The van der Waals surface area contributed by atoms with Crippen LogP contribution in [0.3, 0.4) is 0 Å². The molecule has 3 nitrogen and oxygen atoms in total. The van der Waals surface area contributed by atoms with Crippen molar-refractivity contribution in [1.82, 2.24) is 10.6 Å². The molecule has 100 valence electrons. The van der Waals surface area contributed by atoms with Gasteiger partial charge in [0.15, 0.2) is 0 Å². The largest absolute Gasteiger partial charge is 0.351 e. The third kappa shape index (κ3) is 4.30. The van der Waals surface area contributed by atoms with Crippen LogP contribution >= 0.6 is 0 Å². The predicted molar refractivity (Wildman–Crippen MR) is 71.9 cm³/mol. The summed E-state index contributed by atoms with van der Waals surface area (Å²) < 4.78 is 0. The highest BCUT2D eigenvalue weighted by atomic mass is 16.2. The maximum atomic E-state index is 12.3. The summed E-state index contributed by atoms with van der Waals surface area (Å²) in [6.07, 6.45) is 3.19. The van der Waals surface area contributed by atoms with Gasteiger partial charge in [-0.1, -0.05) is 27.7 Å². The second-order valence-corrected chi connectivity index (χ2v) is 6.45. The van der Waals surface area contributed by atoms with Gasteiger partial charge in [-0.25, -0.2) is 0 Å². The molecule has 2 unspecified atom stereocenters. The molecular formula is C14H28N2O. The van der Waals surface area contributed by atoms with E-state index in [1.807, 2.05) is 13.8 Å². The van der Waals surface area contributed by atoms with Crippen LogP contribution in [0.2, 0.25) is 0 Å². The molecule has 1 fully saturated rings. The summed E-state index contributed by atoms with van der Waals surface area (Å²) in [4.78, 5) is 12.3. The molecule has 3 heteroatoms. The van der Waals surface area contributed by atoms with Gasteiger partial charge in [0.2, 0.25) is 5.91 Å². The lowest BCUT2D eigenvalue weighted by molar-refractivity contribution is -0.131. The summed E-state index contributed by atoms with van der Waals surface area (Å²) in [6, 6.07) is 0.685. The highest BCUT2D eigenvalue weighted by molar-refractivity contribution is 5.82. The Labute approximate surface area is 106 Å². The van der Waals surface area contributed by atoms with E-state index in [1.54, 1.807) is 0 Å². The third-order valence-corrected chi connectivity index (χ3v) is 3.61. The van der Waals surface area contributed by atoms with Gasteiger partial charge in [0, 0.05) is 17.5 Å². The highest BCUT2D eigenvalue weighted by Crippen LogP contribution is 2.26. The van der Waals surface area contributed by atoms with Crippen molar-refractivity contribution >= 4 is 5.91 Å². The molecule has 0 aromatic heterocycles. The van der Waals surface area contributed by atoms with Crippen molar-refractivity contribution in [3.8, 4) is 0 Å². The molecule has 1 aliphatic heterocycles. The van der Waals surface area contributed by atoms with E-state index < -0.39 is 0 Å². The summed E-state index contributed by atoms with van der Waals surface area (Å²) in [5.74, 6) is 0.754. The lowest BCUT2D eigenvalue weighted by atomic mass is 9.82. The Kier molecular flexibility index (Phi) is 4.99. The Morgan fingerprint density at radius 2 is 2.12 bits per heavy atom. The number of amides is 1. The van der Waals surface area contributed by atoms with Crippen molar-refractivity contribution in [2.45, 2.75) is 66.0 Å². The van der Waals surface area contributed by atoms with Crippen molar-refractivity contribution in [2.75, 3.05) is 6.54 Å². The van der Waals surface area contributed by atoms with E-state index in [1.165, 1.54) is 0 Å². The molecule has 0 aliphatic carbocycles. The maximum Gasteiger partial charge on any atom is 0.225 e. The maximum absolute atomic E-state index is 12.3. The van der Waals surface area contributed by atoms with Gasteiger partial charge in [0.25, 0.3) is 0 Å². The molecule has 0 aromatic rings. The van der Waals surface area contributed by atoms with E-state index in [2.05, 4.69) is 31.4 Å². The van der Waals surface area contributed by atoms with E-state index in [0.717, 1.165) is 25.8 Å². The minimum atomic E-state index is -0.259. The van der Waals surface area contributed by atoms with Crippen LogP contribution in [0.4, 0.5) is 0 Å². The van der Waals surface area contributed by atoms with Gasteiger partial charge in [0.05, 0.1) is 0 Å². The average Bonchev–Trinajstić information content (AvgIpc) is 2.19. The molecule has 1 aliphatic rings. The molecule has 0 spiro atoms. The van der Waals surface area contributed by atoms with E-state index in [-0.39, 0.29) is 11.3 Å². The van der Waals surface area contributed by atoms with Crippen LogP contribution in [0.1, 0.15) is 53.9 Å². The number of carbonyl (C=O) groups excluding carboxylic acids is 1. The van der Waals surface area contributed by atoms with Gasteiger partial charge < -0.3 is 10.6 Å². The summed E-state index contributed by atoms with van der Waals surface area (Å²) >= 11 is 0. The van der Waals surface area contributed by atoms with Crippen LogP contribution in [0.15, 0.2) is 0 Å². The Balaban J connectivity index is 2.52. The van der Waals surface area contributed by atoms with E-state index in [4.69, 9.17) is 0 Å². The van der Waals surface area contributed by atoms with Crippen molar-refractivity contribution < 1.29 is 4.79 Å². The quantitative estimate of drug-likeness (QED) is 0.792. The lowest BCUT2D eigenvalue weighted by Crippen LogP contribution is -2.54. The van der Waals surface area contributed by atoms with Gasteiger partial charge in [-0.05, 0) is 38.6 Å². The smallest absolute Gasteiger partial charge is 0.225 e. The van der Waals surface area contributed by atoms with Gasteiger partial charge >= 0.3 is 0 Å². The normalized spacial score (nSPS) is 26.0. The first-order valence-electron chi connectivity index (χ1n) is 6.87. The van der Waals surface area contributed by atoms with Crippen LogP contribution in [0.25, 0.3) is 0 Å². The summed E-state index contributed by atoms with van der Waals surface area (Å²) in [7, 11) is 0. The van der Waals surface area contributed by atoms with Crippen LogP contribution in [0.5, 0.6) is 0 Å². The number of hydrogen-bond acceptors (Lipinski definition) is 2. The Bertz CT molecular complexity index is 261. The first kappa shape index (κ1) is 14.5.